The Morgan fingerprint density at radius 3 is 2.50 bits per heavy atom. The van der Waals surface area contributed by atoms with Gasteiger partial charge in [0.2, 0.25) is 0 Å². The summed E-state index contributed by atoms with van der Waals surface area (Å²) in [6, 6.07) is 0.0735. The fourth-order valence-corrected chi connectivity index (χ4v) is 3.73. The number of hydrogen-bond acceptors (Lipinski definition) is 3. The third-order valence-electron chi connectivity index (χ3n) is 3.46. The summed E-state index contributed by atoms with van der Waals surface area (Å²) in [5.41, 5.74) is 0. The van der Waals surface area contributed by atoms with Crippen LogP contribution in [0.1, 0.15) is 26.2 Å². The van der Waals surface area contributed by atoms with Gasteiger partial charge in [-0.05, 0) is 31.7 Å². The summed E-state index contributed by atoms with van der Waals surface area (Å²) in [5, 5.41) is 3.16. The molecule has 0 radical (unpaired) electrons. The van der Waals surface area contributed by atoms with E-state index in [-0.39, 0.29) is 6.04 Å². The molecule has 0 spiro atoms. The zero-order chi connectivity index (χ0) is 11.6. The normalized spacial score (nSPS) is 29.7. The molecule has 16 heavy (non-hydrogen) atoms. The first kappa shape index (κ1) is 12.3. The average molecular weight is 247 g/mol. The van der Waals surface area contributed by atoms with E-state index in [0.29, 0.717) is 19.0 Å². The molecule has 0 aliphatic carbocycles. The Bertz CT molecular complexity index is 317. The molecule has 2 aliphatic rings. The standard InChI is InChI=1S/C10H21N3O2S/c1-9-3-6-13(7-4-9)16(14,15)12-10-2-5-11-8-10/h9-12H,2-8H2,1H3/t10-/m0/s1. The molecular formula is C10H21N3O2S. The quantitative estimate of drug-likeness (QED) is 0.733. The maximum atomic E-state index is 12.0. The van der Waals surface area contributed by atoms with Gasteiger partial charge < -0.3 is 5.32 Å². The van der Waals surface area contributed by atoms with E-state index in [0.717, 1.165) is 32.4 Å². The molecule has 2 aliphatic heterocycles. The van der Waals surface area contributed by atoms with Crippen molar-refractivity contribution in [3.05, 3.63) is 0 Å². The third kappa shape index (κ3) is 2.94. The lowest BCUT2D eigenvalue weighted by molar-refractivity contribution is 0.283. The minimum atomic E-state index is -3.25. The highest BCUT2D eigenvalue weighted by Crippen LogP contribution is 2.18. The van der Waals surface area contributed by atoms with Crippen LogP contribution in [0.15, 0.2) is 0 Å². The van der Waals surface area contributed by atoms with Crippen molar-refractivity contribution in [2.75, 3.05) is 26.2 Å². The second kappa shape index (κ2) is 5.00. The van der Waals surface area contributed by atoms with Crippen LogP contribution in [0.2, 0.25) is 0 Å². The van der Waals surface area contributed by atoms with Gasteiger partial charge in [-0.1, -0.05) is 6.92 Å². The third-order valence-corrected chi connectivity index (χ3v) is 5.13. The first-order chi connectivity index (χ1) is 7.58. The van der Waals surface area contributed by atoms with Crippen molar-refractivity contribution < 1.29 is 8.42 Å². The Kier molecular flexibility index (Phi) is 3.84. The minimum absolute atomic E-state index is 0.0735. The fourth-order valence-electron chi connectivity index (χ4n) is 2.27. The Labute approximate surface area is 97.8 Å². The van der Waals surface area contributed by atoms with Crippen LogP contribution in [-0.4, -0.2) is 44.9 Å². The smallest absolute Gasteiger partial charge is 0.279 e. The second-order valence-corrected chi connectivity index (χ2v) is 6.60. The van der Waals surface area contributed by atoms with Crippen LogP contribution in [-0.2, 0) is 10.2 Å². The molecule has 0 saturated carbocycles. The van der Waals surface area contributed by atoms with Gasteiger partial charge in [-0.2, -0.15) is 17.4 Å². The highest BCUT2D eigenvalue weighted by Gasteiger charge is 2.29. The lowest BCUT2D eigenvalue weighted by Gasteiger charge is -2.30. The molecule has 0 amide bonds. The minimum Gasteiger partial charge on any atom is -0.315 e. The van der Waals surface area contributed by atoms with Crippen molar-refractivity contribution in [1.29, 1.82) is 0 Å². The molecule has 2 N–H and O–H groups in total. The van der Waals surface area contributed by atoms with Crippen molar-refractivity contribution >= 4 is 10.2 Å². The van der Waals surface area contributed by atoms with Gasteiger partial charge in [0.25, 0.3) is 10.2 Å². The van der Waals surface area contributed by atoms with Gasteiger partial charge in [-0.3, -0.25) is 0 Å². The molecular weight excluding hydrogens is 226 g/mol. The number of hydrogen-bond donors (Lipinski definition) is 2. The van der Waals surface area contributed by atoms with E-state index < -0.39 is 10.2 Å². The van der Waals surface area contributed by atoms with Crippen LogP contribution in [0.4, 0.5) is 0 Å². The maximum Gasteiger partial charge on any atom is 0.279 e. The van der Waals surface area contributed by atoms with Gasteiger partial charge >= 0.3 is 0 Å². The Hall–Kier alpha value is -0.170. The van der Waals surface area contributed by atoms with Crippen molar-refractivity contribution in [2.45, 2.75) is 32.2 Å². The van der Waals surface area contributed by atoms with E-state index in [1.165, 1.54) is 0 Å². The maximum absolute atomic E-state index is 12.0. The summed E-state index contributed by atoms with van der Waals surface area (Å²) in [5.74, 6) is 0.652. The summed E-state index contributed by atoms with van der Waals surface area (Å²) < 4.78 is 28.4. The molecule has 0 bridgehead atoms. The second-order valence-electron chi connectivity index (χ2n) is 4.89. The largest absolute Gasteiger partial charge is 0.315 e. The van der Waals surface area contributed by atoms with Crippen molar-refractivity contribution in [3.8, 4) is 0 Å². The lowest BCUT2D eigenvalue weighted by atomic mass is 10.0. The molecule has 1 atom stereocenters. The Morgan fingerprint density at radius 1 is 1.25 bits per heavy atom. The highest BCUT2D eigenvalue weighted by atomic mass is 32.2. The highest BCUT2D eigenvalue weighted by molar-refractivity contribution is 7.87. The van der Waals surface area contributed by atoms with Crippen molar-refractivity contribution in [1.82, 2.24) is 14.3 Å². The summed E-state index contributed by atoms with van der Waals surface area (Å²) in [4.78, 5) is 0. The molecule has 94 valence electrons. The summed E-state index contributed by atoms with van der Waals surface area (Å²) in [6.45, 7) is 5.17. The zero-order valence-electron chi connectivity index (χ0n) is 9.78. The first-order valence-corrected chi connectivity index (χ1v) is 7.50. The van der Waals surface area contributed by atoms with E-state index in [1.54, 1.807) is 4.31 Å². The predicted molar refractivity (Wildman–Crippen MR) is 63.3 cm³/mol. The summed E-state index contributed by atoms with van der Waals surface area (Å²) in [7, 11) is -3.25. The van der Waals surface area contributed by atoms with Crippen molar-refractivity contribution in [2.24, 2.45) is 5.92 Å². The van der Waals surface area contributed by atoms with Crippen LogP contribution in [0.5, 0.6) is 0 Å². The fraction of sp³-hybridized carbons (Fsp3) is 1.00. The van der Waals surface area contributed by atoms with Crippen molar-refractivity contribution in [3.63, 3.8) is 0 Å². The Morgan fingerprint density at radius 2 is 1.94 bits per heavy atom. The molecule has 0 aromatic rings. The van der Waals surface area contributed by atoms with Gasteiger partial charge in [-0.25, -0.2) is 0 Å². The van der Waals surface area contributed by atoms with Gasteiger partial charge in [0.15, 0.2) is 0 Å². The molecule has 2 saturated heterocycles. The molecule has 2 fully saturated rings. The number of nitrogens with one attached hydrogen (secondary N) is 2. The van der Waals surface area contributed by atoms with Gasteiger partial charge in [-0.15, -0.1) is 0 Å². The van der Waals surface area contributed by atoms with Gasteiger partial charge in [0, 0.05) is 25.7 Å². The van der Waals surface area contributed by atoms with E-state index >= 15 is 0 Å². The number of nitrogens with zero attached hydrogens (tertiary/aromatic N) is 1. The van der Waals surface area contributed by atoms with E-state index in [2.05, 4.69) is 17.0 Å². The molecule has 0 aromatic heterocycles. The first-order valence-electron chi connectivity index (χ1n) is 6.06. The van der Waals surface area contributed by atoms with Gasteiger partial charge in [0.1, 0.15) is 0 Å². The molecule has 2 rings (SSSR count). The molecule has 0 unspecified atom stereocenters. The summed E-state index contributed by atoms with van der Waals surface area (Å²) >= 11 is 0. The predicted octanol–water partition coefficient (Wildman–Crippen LogP) is -0.0854. The number of piperidine rings is 1. The van der Waals surface area contributed by atoms with Crippen LogP contribution < -0.4 is 10.0 Å². The van der Waals surface area contributed by atoms with E-state index in [4.69, 9.17) is 0 Å². The Balaban J connectivity index is 1.90. The SMILES string of the molecule is CC1CCN(S(=O)(=O)N[C@H]2CCNC2)CC1. The van der Waals surface area contributed by atoms with Crippen LogP contribution in [0.25, 0.3) is 0 Å². The van der Waals surface area contributed by atoms with Gasteiger partial charge in [0.05, 0.1) is 0 Å². The molecule has 0 aromatic carbocycles. The van der Waals surface area contributed by atoms with Crippen LogP contribution >= 0.6 is 0 Å². The van der Waals surface area contributed by atoms with E-state index in [9.17, 15) is 8.42 Å². The zero-order valence-corrected chi connectivity index (χ0v) is 10.6. The van der Waals surface area contributed by atoms with E-state index in [1.807, 2.05) is 0 Å². The summed E-state index contributed by atoms with van der Waals surface area (Å²) in [6.07, 6.45) is 2.84. The average Bonchev–Trinajstić information content (AvgIpc) is 2.70. The number of rotatable bonds is 3. The topological polar surface area (TPSA) is 61.4 Å². The monoisotopic (exact) mass is 247 g/mol. The van der Waals surface area contributed by atoms with Crippen LogP contribution in [0.3, 0.4) is 0 Å². The molecule has 6 heteroatoms. The molecule has 2 heterocycles. The molecule has 5 nitrogen and oxygen atoms in total. The van der Waals surface area contributed by atoms with Crippen LogP contribution in [0, 0.1) is 5.92 Å². The lowest BCUT2D eigenvalue weighted by Crippen LogP contribution is -2.48.